The van der Waals surface area contributed by atoms with Crippen LogP contribution >= 0.6 is 0 Å². The molecule has 0 amide bonds. The van der Waals surface area contributed by atoms with Gasteiger partial charge < -0.3 is 15.0 Å². The molecule has 1 aliphatic heterocycles. The number of rotatable bonds is 8. The Morgan fingerprint density at radius 1 is 1.35 bits per heavy atom. The van der Waals surface area contributed by atoms with E-state index in [4.69, 9.17) is 4.74 Å². The number of carbonyl (C=O) groups excluding carboxylic acids is 1. The first-order valence-corrected chi connectivity index (χ1v) is 8.10. The van der Waals surface area contributed by atoms with Crippen LogP contribution in [-0.2, 0) is 9.53 Å². The fourth-order valence-electron chi connectivity index (χ4n) is 2.72. The Balaban J connectivity index is 2.22. The van der Waals surface area contributed by atoms with Gasteiger partial charge in [-0.3, -0.25) is 4.79 Å². The molecule has 4 nitrogen and oxygen atoms in total. The molecular weight excluding hydrogens is 252 g/mol. The van der Waals surface area contributed by atoms with Crippen LogP contribution < -0.4 is 5.32 Å². The summed E-state index contributed by atoms with van der Waals surface area (Å²) in [6.45, 7) is 10.2. The largest absolute Gasteiger partial charge is 0.465 e. The summed E-state index contributed by atoms with van der Waals surface area (Å²) in [5, 5.41) is 3.12. The van der Waals surface area contributed by atoms with Gasteiger partial charge in [-0.2, -0.15) is 0 Å². The first-order valence-electron chi connectivity index (χ1n) is 8.10. The number of nitrogens with zero attached hydrogens (tertiary/aromatic N) is 1. The van der Waals surface area contributed by atoms with Crippen molar-refractivity contribution in [3.05, 3.63) is 0 Å². The number of hydrogen-bond donors (Lipinski definition) is 1. The zero-order valence-electron chi connectivity index (χ0n) is 13.7. The predicted molar refractivity (Wildman–Crippen MR) is 82.8 cm³/mol. The maximum absolute atomic E-state index is 11.9. The van der Waals surface area contributed by atoms with Gasteiger partial charge in [0.1, 0.15) is 5.54 Å². The molecule has 1 rings (SSSR count). The van der Waals surface area contributed by atoms with Crippen LogP contribution in [0.1, 0.15) is 52.9 Å². The molecular formula is C16H32N2O2. The second-order valence-electron chi connectivity index (χ2n) is 6.28. The van der Waals surface area contributed by atoms with Gasteiger partial charge in [0.05, 0.1) is 6.61 Å². The van der Waals surface area contributed by atoms with Crippen molar-refractivity contribution >= 4 is 5.97 Å². The topological polar surface area (TPSA) is 41.6 Å². The third-order valence-corrected chi connectivity index (χ3v) is 4.56. The first kappa shape index (κ1) is 17.4. The van der Waals surface area contributed by atoms with E-state index in [1.165, 1.54) is 25.9 Å². The van der Waals surface area contributed by atoms with E-state index in [1.807, 2.05) is 20.9 Å². The summed E-state index contributed by atoms with van der Waals surface area (Å²) in [6.07, 6.45) is 5.72. The maximum atomic E-state index is 11.9. The number of carbonyl (C=O) groups is 1. The van der Waals surface area contributed by atoms with Crippen molar-refractivity contribution in [2.75, 3.05) is 33.3 Å². The van der Waals surface area contributed by atoms with Gasteiger partial charge in [0.2, 0.25) is 0 Å². The van der Waals surface area contributed by atoms with Crippen molar-refractivity contribution in [3.8, 4) is 0 Å². The minimum absolute atomic E-state index is 0.130. The van der Waals surface area contributed by atoms with E-state index < -0.39 is 5.54 Å². The van der Waals surface area contributed by atoms with Gasteiger partial charge in [-0.05, 0) is 78.6 Å². The molecule has 1 aliphatic rings. The summed E-state index contributed by atoms with van der Waals surface area (Å²) < 4.78 is 5.14. The minimum atomic E-state index is -0.535. The van der Waals surface area contributed by atoms with Crippen LogP contribution in [0.3, 0.4) is 0 Å². The van der Waals surface area contributed by atoms with Crippen LogP contribution in [0, 0.1) is 5.92 Å². The molecule has 0 aromatic heterocycles. The second-order valence-corrected chi connectivity index (χ2v) is 6.28. The van der Waals surface area contributed by atoms with Crippen LogP contribution in [0.15, 0.2) is 0 Å². The molecule has 1 heterocycles. The van der Waals surface area contributed by atoms with Crippen molar-refractivity contribution < 1.29 is 9.53 Å². The lowest BCUT2D eigenvalue weighted by atomic mass is 9.94. The number of ether oxygens (including phenoxy) is 1. The molecule has 1 atom stereocenters. The lowest BCUT2D eigenvalue weighted by molar-refractivity contribution is -0.150. The van der Waals surface area contributed by atoms with Crippen LogP contribution in [0.2, 0.25) is 0 Å². The first-order chi connectivity index (χ1) is 9.51. The fraction of sp³-hybridized carbons (Fsp3) is 0.938. The molecule has 0 bridgehead atoms. The van der Waals surface area contributed by atoms with Gasteiger partial charge in [-0.25, -0.2) is 0 Å². The van der Waals surface area contributed by atoms with Crippen LogP contribution in [0.4, 0.5) is 0 Å². The monoisotopic (exact) mass is 284 g/mol. The average molecular weight is 284 g/mol. The highest BCUT2D eigenvalue weighted by Crippen LogP contribution is 2.18. The SMILES string of the molecule is CCOC(=O)C(C)(CCCCN1CCC(C)CC1)NC. The molecule has 0 radical (unpaired) electrons. The molecule has 4 heteroatoms. The highest BCUT2D eigenvalue weighted by Gasteiger charge is 2.32. The number of piperidine rings is 1. The zero-order chi connectivity index (χ0) is 15.0. The number of likely N-dealkylation sites (tertiary alicyclic amines) is 1. The van der Waals surface area contributed by atoms with E-state index in [9.17, 15) is 4.79 Å². The standard InChI is InChI=1S/C16H32N2O2/c1-5-20-15(19)16(3,17-4)10-6-7-11-18-12-8-14(2)9-13-18/h14,17H,5-13H2,1-4H3. The van der Waals surface area contributed by atoms with Gasteiger partial charge in [-0.1, -0.05) is 6.92 Å². The van der Waals surface area contributed by atoms with E-state index in [0.29, 0.717) is 6.61 Å². The summed E-state index contributed by atoms with van der Waals surface area (Å²) in [5.74, 6) is 0.761. The molecule has 0 saturated carbocycles. The molecule has 0 aromatic carbocycles. The van der Waals surface area contributed by atoms with Gasteiger partial charge >= 0.3 is 5.97 Å². The smallest absolute Gasteiger partial charge is 0.326 e. The van der Waals surface area contributed by atoms with Crippen LogP contribution in [0.25, 0.3) is 0 Å². The van der Waals surface area contributed by atoms with Gasteiger partial charge in [0, 0.05) is 0 Å². The van der Waals surface area contributed by atoms with E-state index in [1.54, 1.807) is 0 Å². The van der Waals surface area contributed by atoms with Crippen molar-refractivity contribution in [3.63, 3.8) is 0 Å². The number of likely N-dealkylation sites (N-methyl/N-ethyl adjacent to an activating group) is 1. The fourth-order valence-corrected chi connectivity index (χ4v) is 2.72. The number of hydrogen-bond acceptors (Lipinski definition) is 4. The van der Waals surface area contributed by atoms with Crippen molar-refractivity contribution in [2.45, 2.75) is 58.4 Å². The molecule has 0 aliphatic carbocycles. The van der Waals surface area contributed by atoms with E-state index in [0.717, 1.165) is 31.7 Å². The van der Waals surface area contributed by atoms with Crippen LogP contribution in [0.5, 0.6) is 0 Å². The van der Waals surface area contributed by atoms with Gasteiger partial charge in [0.25, 0.3) is 0 Å². The minimum Gasteiger partial charge on any atom is -0.465 e. The molecule has 118 valence electrons. The predicted octanol–water partition coefficient (Wildman–Crippen LogP) is 2.43. The zero-order valence-corrected chi connectivity index (χ0v) is 13.7. The molecule has 1 unspecified atom stereocenters. The highest BCUT2D eigenvalue weighted by atomic mass is 16.5. The summed E-state index contributed by atoms with van der Waals surface area (Å²) in [7, 11) is 1.84. The summed E-state index contributed by atoms with van der Waals surface area (Å²) >= 11 is 0. The van der Waals surface area contributed by atoms with Crippen molar-refractivity contribution in [1.82, 2.24) is 10.2 Å². The van der Waals surface area contributed by atoms with Crippen molar-refractivity contribution in [1.29, 1.82) is 0 Å². The highest BCUT2D eigenvalue weighted by molar-refractivity contribution is 5.80. The normalized spacial score (nSPS) is 20.6. The van der Waals surface area contributed by atoms with E-state index >= 15 is 0 Å². The average Bonchev–Trinajstić information content (AvgIpc) is 2.45. The maximum Gasteiger partial charge on any atom is 0.326 e. The Labute approximate surface area is 124 Å². The molecule has 1 saturated heterocycles. The summed E-state index contributed by atoms with van der Waals surface area (Å²) in [5.41, 5.74) is -0.535. The summed E-state index contributed by atoms with van der Waals surface area (Å²) in [6, 6.07) is 0. The Kier molecular flexibility index (Phi) is 7.52. The number of nitrogens with one attached hydrogen (secondary N) is 1. The third-order valence-electron chi connectivity index (χ3n) is 4.56. The summed E-state index contributed by atoms with van der Waals surface area (Å²) in [4.78, 5) is 14.5. The lowest BCUT2D eigenvalue weighted by Crippen LogP contribution is -2.48. The Bertz CT molecular complexity index is 288. The van der Waals surface area contributed by atoms with Gasteiger partial charge in [0.15, 0.2) is 0 Å². The molecule has 1 N–H and O–H groups in total. The molecule has 0 spiro atoms. The Hall–Kier alpha value is -0.610. The lowest BCUT2D eigenvalue weighted by Gasteiger charge is -2.31. The van der Waals surface area contributed by atoms with Crippen LogP contribution in [-0.4, -0.2) is 49.7 Å². The second kappa shape index (κ2) is 8.63. The molecule has 1 fully saturated rings. The molecule has 0 aromatic rings. The van der Waals surface area contributed by atoms with E-state index in [2.05, 4.69) is 17.1 Å². The van der Waals surface area contributed by atoms with Gasteiger partial charge in [-0.15, -0.1) is 0 Å². The quantitative estimate of drug-likeness (QED) is 0.549. The van der Waals surface area contributed by atoms with Crippen molar-refractivity contribution in [2.24, 2.45) is 5.92 Å². The number of unbranched alkanes of at least 4 members (excludes halogenated alkanes) is 1. The third kappa shape index (κ3) is 5.41. The number of esters is 1. The Morgan fingerprint density at radius 2 is 2.00 bits per heavy atom. The molecule has 20 heavy (non-hydrogen) atoms. The van der Waals surface area contributed by atoms with E-state index in [-0.39, 0.29) is 5.97 Å². The Morgan fingerprint density at radius 3 is 2.55 bits per heavy atom.